The van der Waals surface area contributed by atoms with Crippen molar-refractivity contribution in [2.75, 3.05) is 4.90 Å². The number of carbonyl (C=O) groups is 2. The molecule has 0 radical (unpaired) electrons. The van der Waals surface area contributed by atoms with Crippen molar-refractivity contribution in [2.45, 2.75) is 46.1 Å². The summed E-state index contributed by atoms with van der Waals surface area (Å²) in [6, 6.07) is 15.9. The number of aliphatic hydroxyl groups is 1. The third-order valence-electron chi connectivity index (χ3n) is 6.42. The van der Waals surface area contributed by atoms with Crippen molar-refractivity contribution in [1.82, 2.24) is 4.98 Å². The lowest BCUT2D eigenvalue weighted by molar-refractivity contribution is -0.117. The Morgan fingerprint density at radius 3 is 2.37 bits per heavy atom. The molecule has 35 heavy (non-hydrogen) atoms. The summed E-state index contributed by atoms with van der Waals surface area (Å²) in [6.07, 6.45) is 0. The van der Waals surface area contributed by atoms with Crippen LogP contribution in [0.5, 0.6) is 0 Å². The van der Waals surface area contributed by atoms with Gasteiger partial charge < -0.3 is 9.52 Å². The number of rotatable bonds is 4. The van der Waals surface area contributed by atoms with Gasteiger partial charge in [-0.25, -0.2) is 4.98 Å². The number of anilines is 1. The van der Waals surface area contributed by atoms with E-state index in [4.69, 9.17) is 4.42 Å². The molecule has 6 nitrogen and oxygen atoms in total. The first-order valence-electron chi connectivity index (χ1n) is 11.4. The van der Waals surface area contributed by atoms with Gasteiger partial charge in [-0.3, -0.25) is 14.5 Å². The van der Waals surface area contributed by atoms with Gasteiger partial charge in [0.15, 0.2) is 16.7 Å². The number of para-hydroxylation sites is 1. The topological polar surface area (TPSA) is 83.6 Å². The van der Waals surface area contributed by atoms with Crippen molar-refractivity contribution in [1.29, 1.82) is 0 Å². The van der Waals surface area contributed by atoms with Crippen LogP contribution in [0.4, 0.5) is 5.13 Å². The number of thiazole rings is 1. The molecule has 1 amide bonds. The second kappa shape index (κ2) is 8.20. The zero-order chi connectivity index (χ0) is 25.1. The molecule has 5 rings (SSSR count). The Morgan fingerprint density at radius 2 is 1.77 bits per heavy atom. The van der Waals surface area contributed by atoms with Gasteiger partial charge in [0.05, 0.1) is 17.3 Å². The van der Waals surface area contributed by atoms with Crippen LogP contribution in [-0.4, -0.2) is 21.8 Å². The molecule has 0 spiro atoms. The number of carbonyl (C=O) groups excluding carboxylic acids is 2. The predicted octanol–water partition coefficient (Wildman–Crippen LogP) is 6.59. The molecular formula is C28H26N2O4S. The molecule has 2 aromatic heterocycles. The van der Waals surface area contributed by atoms with E-state index in [0.29, 0.717) is 16.3 Å². The Morgan fingerprint density at radius 1 is 1.09 bits per heavy atom. The number of fused-ring (bicyclic) bond motifs is 1. The van der Waals surface area contributed by atoms with Gasteiger partial charge in [-0.05, 0) is 42.5 Å². The highest BCUT2D eigenvalue weighted by atomic mass is 32.1. The van der Waals surface area contributed by atoms with Crippen LogP contribution in [0.2, 0.25) is 0 Å². The highest BCUT2D eigenvalue weighted by molar-refractivity contribution is 7.15. The lowest BCUT2D eigenvalue weighted by atomic mass is 9.85. The highest BCUT2D eigenvalue weighted by Gasteiger charge is 2.46. The number of benzene rings is 2. The third kappa shape index (κ3) is 3.86. The van der Waals surface area contributed by atoms with Crippen molar-refractivity contribution in [3.05, 3.63) is 93.4 Å². The number of hydrogen-bond donors (Lipinski definition) is 1. The van der Waals surface area contributed by atoms with Gasteiger partial charge >= 0.3 is 0 Å². The maximum atomic E-state index is 13.7. The quantitative estimate of drug-likeness (QED) is 0.329. The standard InChI is InChI=1S/C28H26N2O4S/c1-15-16(2)35-27(29-15)30-23(17-10-12-19(13-11-17)28(3,4)5)22(25(32)26(30)33)24(31)21-14-18-8-6-7-9-20(18)34-21/h6-14,23,32H,1-5H3. The molecule has 1 unspecified atom stereocenters. The molecule has 0 aliphatic carbocycles. The Kier molecular flexibility index (Phi) is 5.40. The Bertz CT molecular complexity index is 1450. The average Bonchev–Trinajstić information content (AvgIpc) is 3.47. The molecule has 0 fully saturated rings. The smallest absolute Gasteiger partial charge is 0.296 e. The molecule has 1 N–H and O–H groups in total. The zero-order valence-electron chi connectivity index (χ0n) is 20.2. The average molecular weight is 487 g/mol. The largest absolute Gasteiger partial charge is 0.503 e. The second-order valence-electron chi connectivity index (χ2n) is 9.83. The maximum absolute atomic E-state index is 13.7. The summed E-state index contributed by atoms with van der Waals surface area (Å²) in [6.45, 7) is 10.2. The summed E-state index contributed by atoms with van der Waals surface area (Å²) in [5, 5.41) is 12.2. The van der Waals surface area contributed by atoms with Crippen LogP contribution in [0.1, 0.15) is 59.1 Å². The van der Waals surface area contributed by atoms with E-state index in [0.717, 1.165) is 21.5 Å². The lowest BCUT2D eigenvalue weighted by Gasteiger charge is -2.25. The van der Waals surface area contributed by atoms with E-state index in [1.165, 1.54) is 16.2 Å². The van der Waals surface area contributed by atoms with Crippen LogP contribution in [0.25, 0.3) is 11.0 Å². The van der Waals surface area contributed by atoms with Crippen LogP contribution < -0.4 is 4.90 Å². The molecular weight excluding hydrogens is 460 g/mol. The highest BCUT2D eigenvalue weighted by Crippen LogP contribution is 2.44. The number of amides is 1. The van der Waals surface area contributed by atoms with Gasteiger partial charge in [0.2, 0.25) is 5.78 Å². The maximum Gasteiger partial charge on any atom is 0.296 e. The Balaban J connectivity index is 1.65. The van der Waals surface area contributed by atoms with Crippen molar-refractivity contribution in [3.63, 3.8) is 0 Å². The first-order chi connectivity index (χ1) is 16.6. The van der Waals surface area contributed by atoms with E-state index < -0.39 is 23.5 Å². The summed E-state index contributed by atoms with van der Waals surface area (Å²) in [4.78, 5) is 34.0. The van der Waals surface area contributed by atoms with Crippen molar-refractivity contribution in [2.24, 2.45) is 0 Å². The third-order valence-corrected chi connectivity index (χ3v) is 7.49. The fraction of sp³-hybridized carbons (Fsp3) is 0.250. The molecule has 1 aliphatic heterocycles. The number of furan rings is 1. The van der Waals surface area contributed by atoms with Crippen LogP contribution in [0.3, 0.4) is 0 Å². The van der Waals surface area contributed by atoms with Gasteiger partial charge in [0.25, 0.3) is 5.91 Å². The molecule has 0 saturated carbocycles. The number of aryl methyl sites for hydroxylation is 2. The number of ketones is 1. The second-order valence-corrected chi connectivity index (χ2v) is 11.0. The minimum atomic E-state index is -0.831. The van der Waals surface area contributed by atoms with E-state index in [9.17, 15) is 14.7 Å². The van der Waals surface area contributed by atoms with Gasteiger partial charge in [-0.1, -0.05) is 63.2 Å². The number of aromatic nitrogens is 1. The van der Waals surface area contributed by atoms with Gasteiger partial charge in [-0.2, -0.15) is 0 Å². The van der Waals surface area contributed by atoms with Crippen LogP contribution >= 0.6 is 11.3 Å². The van der Waals surface area contributed by atoms with Gasteiger partial charge in [0, 0.05) is 10.3 Å². The minimum absolute atomic E-state index is 0.0110. The summed E-state index contributed by atoms with van der Waals surface area (Å²) in [7, 11) is 0. The molecule has 1 aliphatic rings. The molecule has 7 heteroatoms. The van der Waals surface area contributed by atoms with Crippen LogP contribution in [-0.2, 0) is 10.2 Å². The van der Waals surface area contributed by atoms with Crippen molar-refractivity contribution >= 4 is 39.1 Å². The number of hydrogen-bond acceptors (Lipinski definition) is 6. The first-order valence-corrected chi connectivity index (χ1v) is 12.2. The molecule has 1 atom stereocenters. The Labute approximate surface area is 207 Å². The van der Waals surface area contributed by atoms with E-state index in [1.54, 1.807) is 12.1 Å². The molecule has 4 aromatic rings. The van der Waals surface area contributed by atoms with E-state index >= 15 is 0 Å². The summed E-state index contributed by atoms with van der Waals surface area (Å²) >= 11 is 1.36. The van der Waals surface area contributed by atoms with Gasteiger partial charge in [0.1, 0.15) is 5.58 Å². The lowest BCUT2D eigenvalue weighted by Crippen LogP contribution is -2.31. The summed E-state index contributed by atoms with van der Waals surface area (Å²) in [5.41, 5.74) is 3.13. The number of nitrogens with zero attached hydrogens (tertiary/aromatic N) is 2. The molecule has 178 valence electrons. The van der Waals surface area contributed by atoms with Crippen LogP contribution in [0.15, 0.2) is 70.3 Å². The SMILES string of the molecule is Cc1nc(N2C(=O)C(O)=C(C(=O)c3cc4ccccc4o3)C2c2ccc(C(C)(C)C)cc2)sc1C. The van der Waals surface area contributed by atoms with Crippen molar-refractivity contribution < 1.29 is 19.1 Å². The summed E-state index contributed by atoms with van der Waals surface area (Å²) in [5.74, 6) is -1.68. The van der Waals surface area contributed by atoms with Crippen molar-refractivity contribution in [3.8, 4) is 0 Å². The van der Waals surface area contributed by atoms with E-state index in [1.807, 2.05) is 56.3 Å². The fourth-order valence-electron chi connectivity index (χ4n) is 4.30. The molecule has 0 saturated heterocycles. The number of aliphatic hydroxyl groups excluding tert-OH is 1. The number of Topliss-reactive ketones (excluding diaryl/α,β-unsaturated/α-hetero) is 1. The fourth-order valence-corrected chi connectivity index (χ4v) is 5.24. The van der Waals surface area contributed by atoms with E-state index in [-0.39, 0.29) is 16.7 Å². The normalized spacial score (nSPS) is 16.5. The zero-order valence-corrected chi connectivity index (χ0v) is 21.1. The Hall–Kier alpha value is -3.71. The van der Waals surface area contributed by atoms with E-state index in [2.05, 4.69) is 25.8 Å². The predicted molar refractivity (Wildman–Crippen MR) is 137 cm³/mol. The molecule has 2 aromatic carbocycles. The molecule has 3 heterocycles. The minimum Gasteiger partial charge on any atom is -0.503 e. The van der Waals surface area contributed by atoms with Gasteiger partial charge in [-0.15, -0.1) is 11.3 Å². The molecule has 0 bridgehead atoms. The van der Waals surface area contributed by atoms with Crippen LogP contribution in [0, 0.1) is 13.8 Å². The monoisotopic (exact) mass is 486 g/mol. The first kappa shape index (κ1) is 23.1. The summed E-state index contributed by atoms with van der Waals surface area (Å²) < 4.78 is 5.80.